The lowest BCUT2D eigenvalue weighted by Crippen LogP contribution is -2.50. The monoisotopic (exact) mass is 376 g/mol. The molecule has 0 aliphatic carbocycles. The maximum atomic E-state index is 11.2. The van der Waals surface area contributed by atoms with Crippen LogP contribution in [-0.4, -0.2) is 39.0 Å². The summed E-state index contributed by atoms with van der Waals surface area (Å²) in [4.78, 5) is 11.2. The molecule has 0 radical (unpaired) electrons. The Balaban J connectivity index is 4.78. The molecule has 24 heavy (non-hydrogen) atoms. The lowest BCUT2D eigenvalue weighted by molar-refractivity contribution is -0.117. The molecule has 0 aromatic rings. The van der Waals surface area contributed by atoms with E-state index in [-0.39, 0.29) is 12.2 Å². The van der Waals surface area contributed by atoms with Crippen LogP contribution in [0.4, 0.5) is 0 Å². The summed E-state index contributed by atoms with van der Waals surface area (Å²) in [6.07, 6.45) is 4.61. The normalized spacial score (nSPS) is 16.7. The molecule has 0 heterocycles. The summed E-state index contributed by atoms with van der Waals surface area (Å²) in [7, 11) is -1.83. The Hall–Kier alpha value is 0.157. The van der Waals surface area contributed by atoms with Crippen LogP contribution in [0.15, 0.2) is 0 Å². The van der Waals surface area contributed by atoms with Crippen molar-refractivity contribution in [1.82, 2.24) is 0 Å². The summed E-state index contributed by atoms with van der Waals surface area (Å²) in [5, 5.41) is 0. The van der Waals surface area contributed by atoms with Crippen molar-refractivity contribution in [2.24, 2.45) is 5.92 Å². The van der Waals surface area contributed by atoms with E-state index < -0.39 is 8.32 Å². The molecule has 0 spiro atoms. The molecule has 0 unspecified atom stereocenters. The lowest BCUT2D eigenvalue weighted by atomic mass is 9.98. The average molecular weight is 377 g/mol. The minimum Gasteiger partial charge on any atom is -0.413 e. The second-order valence-electron chi connectivity index (χ2n) is 8.07. The number of carbonyl (C=O) groups excluding carboxylic acids is 1. The van der Waals surface area contributed by atoms with Crippen molar-refractivity contribution >= 4 is 26.4 Å². The summed E-state index contributed by atoms with van der Waals surface area (Å²) in [6.45, 7) is 18.3. The maximum absolute atomic E-state index is 11.2. The Bertz CT molecular complexity index is 326. The summed E-state index contributed by atoms with van der Waals surface area (Å²) >= 11 is 1.60. The zero-order valence-corrected chi connectivity index (χ0v) is 19.1. The van der Waals surface area contributed by atoms with E-state index in [1.807, 2.05) is 6.26 Å². The van der Waals surface area contributed by atoms with E-state index in [1.54, 1.807) is 11.8 Å². The van der Waals surface area contributed by atoms with Crippen LogP contribution in [0, 0.1) is 5.92 Å². The minimum atomic E-state index is -1.83. The molecule has 0 saturated heterocycles. The lowest BCUT2D eigenvalue weighted by Gasteiger charge is -2.44. The van der Waals surface area contributed by atoms with Crippen molar-refractivity contribution in [1.29, 1.82) is 0 Å². The van der Waals surface area contributed by atoms with Gasteiger partial charge in [-0.2, -0.15) is 0 Å². The number of hydrogen-bond acceptors (Lipinski definition) is 4. The summed E-state index contributed by atoms with van der Waals surface area (Å²) < 4.78 is 12.4. The zero-order valence-electron chi connectivity index (χ0n) is 17.3. The molecule has 0 aliphatic heterocycles. The minimum absolute atomic E-state index is 0.228. The molecule has 0 aliphatic rings. The first kappa shape index (κ1) is 24.2. The van der Waals surface area contributed by atoms with Gasteiger partial charge in [0.2, 0.25) is 8.32 Å². The molecule has 5 heteroatoms. The van der Waals surface area contributed by atoms with Crippen molar-refractivity contribution in [3.05, 3.63) is 0 Å². The Labute approximate surface area is 155 Å². The predicted molar refractivity (Wildman–Crippen MR) is 109 cm³/mol. The standard InChI is InChI=1S/C19H40O3SSi/c1-14(2)24(15(3)4,16(5)6)22-18(8)10-17(7)11-19(12-20)21-13-23-9/h12,14-19H,10-11,13H2,1-9H3/t17-,18+,19-/m1/s1. The van der Waals surface area contributed by atoms with Gasteiger partial charge < -0.3 is 14.0 Å². The average Bonchev–Trinajstić information content (AvgIpc) is 2.47. The van der Waals surface area contributed by atoms with E-state index >= 15 is 0 Å². The first-order chi connectivity index (χ1) is 11.1. The highest BCUT2D eigenvalue weighted by molar-refractivity contribution is 7.98. The number of carbonyl (C=O) groups is 1. The molecule has 0 bridgehead atoms. The van der Waals surface area contributed by atoms with Crippen LogP contribution < -0.4 is 0 Å². The highest BCUT2D eigenvalue weighted by Gasteiger charge is 2.46. The zero-order chi connectivity index (χ0) is 18.9. The van der Waals surface area contributed by atoms with E-state index in [0.29, 0.717) is 28.5 Å². The second kappa shape index (κ2) is 11.7. The number of thioether (sulfide) groups is 1. The van der Waals surface area contributed by atoms with Crippen molar-refractivity contribution < 1.29 is 14.0 Å². The molecular weight excluding hydrogens is 336 g/mol. The van der Waals surface area contributed by atoms with E-state index in [0.717, 1.165) is 19.1 Å². The highest BCUT2D eigenvalue weighted by Crippen LogP contribution is 2.43. The van der Waals surface area contributed by atoms with Crippen molar-refractivity contribution in [3.63, 3.8) is 0 Å². The Morgan fingerprint density at radius 1 is 0.917 bits per heavy atom. The molecule has 3 nitrogen and oxygen atoms in total. The molecule has 3 atom stereocenters. The van der Waals surface area contributed by atoms with Crippen LogP contribution in [0.25, 0.3) is 0 Å². The SMILES string of the molecule is CSCO[C@@H](C=O)C[C@H](C)C[C@H](C)O[Si](C(C)C)(C(C)C)C(C)C. The van der Waals surface area contributed by atoms with E-state index in [2.05, 4.69) is 55.4 Å². The molecule has 0 aromatic heterocycles. The van der Waals surface area contributed by atoms with E-state index in [9.17, 15) is 4.79 Å². The molecule has 0 fully saturated rings. The summed E-state index contributed by atoms with van der Waals surface area (Å²) in [6, 6.07) is 0. The highest BCUT2D eigenvalue weighted by atomic mass is 32.2. The quantitative estimate of drug-likeness (QED) is 0.228. The van der Waals surface area contributed by atoms with Gasteiger partial charge in [0, 0.05) is 6.10 Å². The number of rotatable bonds is 13. The number of ether oxygens (including phenoxy) is 1. The van der Waals surface area contributed by atoms with Crippen LogP contribution in [0.3, 0.4) is 0 Å². The Morgan fingerprint density at radius 2 is 1.42 bits per heavy atom. The van der Waals surface area contributed by atoms with Gasteiger partial charge in [-0.05, 0) is 48.6 Å². The molecular formula is C19H40O3SSi. The third-order valence-electron chi connectivity index (χ3n) is 5.03. The molecule has 0 N–H and O–H groups in total. The molecule has 0 amide bonds. The van der Waals surface area contributed by atoms with Gasteiger partial charge in [-0.15, -0.1) is 11.8 Å². The van der Waals surface area contributed by atoms with Crippen LogP contribution >= 0.6 is 11.8 Å². The smallest absolute Gasteiger partial charge is 0.200 e. The van der Waals surface area contributed by atoms with Gasteiger partial charge in [0.1, 0.15) is 12.4 Å². The van der Waals surface area contributed by atoms with Gasteiger partial charge in [0.15, 0.2) is 0 Å². The summed E-state index contributed by atoms with van der Waals surface area (Å²) in [5.74, 6) is 0.988. The molecule has 0 aromatic carbocycles. The second-order valence-corrected chi connectivity index (χ2v) is 14.3. The topological polar surface area (TPSA) is 35.5 Å². The van der Waals surface area contributed by atoms with Crippen LogP contribution in [0.2, 0.25) is 16.6 Å². The van der Waals surface area contributed by atoms with Gasteiger partial charge in [-0.1, -0.05) is 48.5 Å². The van der Waals surface area contributed by atoms with Gasteiger partial charge >= 0.3 is 0 Å². The fourth-order valence-corrected chi connectivity index (χ4v) is 10.1. The fourth-order valence-electron chi connectivity index (χ4n) is 4.18. The number of aldehydes is 1. The van der Waals surface area contributed by atoms with Crippen LogP contribution in [0.1, 0.15) is 68.2 Å². The molecule has 0 saturated carbocycles. The van der Waals surface area contributed by atoms with Gasteiger partial charge in [0.25, 0.3) is 0 Å². The van der Waals surface area contributed by atoms with E-state index in [1.165, 1.54) is 0 Å². The fraction of sp³-hybridized carbons (Fsp3) is 0.947. The van der Waals surface area contributed by atoms with Crippen molar-refractivity contribution in [2.75, 3.05) is 12.2 Å². The van der Waals surface area contributed by atoms with Gasteiger partial charge in [-0.25, -0.2) is 0 Å². The third kappa shape index (κ3) is 7.18. The predicted octanol–water partition coefficient (Wildman–Crippen LogP) is 5.89. The first-order valence-electron chi connectivity index (χ1n) is 9.35. The van der Waals surface area contributed by atoms with E-state index in [4.69, 9.17) is 9.16 Å². The largest absolute Gasteiger partial charge is 0.413 e. The molecule has 144 valence electrons. The van der Waals surface area contributed by atoms with Gasteiger partial charge in [-0.3, -0.25) is 0 Å². The maximum Gasteiger partial charge on any atom is 0.200 e. The Morgan fingerprint density at radius 3 is 1.79 bits per heavy atom. The Kier molecular flexibility index (Phi) is 11.8. The van der Waals surface area contributed by atoms with Crippen molar-refractivity contribution in [3.8, 4) is 0 Å². The van der Waals surface area contributed by atoms with Gasteiger partial charge in [0.05, 0.1) is 5.94 Å². The third-order valence-corrected chi connectivity index (χ3v) is 11.6. The van der Waals surface area contributed by atoms with Crippen LogP contribution in [-0.2, 0) is 14.0 Å². The first-order valence-corrected chi connectivity index (χ1v) is 12.9. The number of hydrogen-bond donors (Lipinski definition) is 0. The molecule has 0 rings (SSSR count). The van der Waals surface area contributed by atoms with Crippen LogP contribution in [0.5, 0.6) is 0 Å². The van der Waals surface area contributed by atoms with Crippen molar-refractivity contribution in [2.45, 2.75) is 97.1 Å². The summed E-state index contributed by atoms with van der Waals surface area (Å²) in [5.41, 5.74) is 1.80.